The van der Waals surface area contributed by atoms with Crippen molar-refractivity contribution in [2.75, 3.05) is 6.54 Å². The van der Waals surface area contributed by atoms with Gasteiger partial charge in [0.2, 0.25) is 0 Å². The molecule has 1 aromatic carbocycles. The van der Waals surface area contributed by atoms with Crippen LogP contribution in [0.25, 0.3) is 11.1 Å². The van der Waals surface area contributed by atoms with Crippen LogP contribution in [0.4, 0.5) is 0 Å². The Morgan fingerprint density at radius 1 is 1.33 bits per heavy atom. The Morgan fingerprint density at radius 3 is 2.81 bits per heavy atom. The summed E-state index contributed by atoms with van der Waals surface area (Å²) in [7, 11) is 0. The zero-order valence-corrected chi connectivity index (χ0v) is 13.0. The van der Waals surface area contributed by atoms with Gasteiger partial charge in [0.05, 0.1) is 6.20 Å². The predicted molar refractivity (Wildman–Crippen MR) is 85.1 cm³/mol. The molecule has 0 atom stereocenters. The van der Waals surface area contributed by atoms with Crippen molar-refractivity contribution in [3.8, 4) is 11.1 Å². The second-order valence-corrected chi connectivity index (χ2v) is 5.58. The Morgan fingerprint density at radius 2 is 2.10 bits per heavy atom. The van der Waals surface area contributed by atoms with Gasteiger partial charge in [0, 0.05) is 30.4 Å². The van der Waals surface area contributed by atoms with Crippen LogP contribution >= 0.6 is 0 Å². The number of aryl methyl sites for hydroxylation is 1. The lowest BCUT2D eigenvalue weighted by Gasteiger charge is -2.07. The predicted octanol–water partition coefficient (Wildman–Crippen LogP) is 3.35. The first-order valence-electron chi connectivity index (χ1n) is 7.52. The molecule has 0 fully saturated rings. The molecule has 0 aliphatic heterocycles. The van der Waals surface area contributed by atoms with E-state index in [0.717, 1.165) is 24.1 Å². The van der Waals surface area contributed by atoms with E-state index in [0.29, 0.717) is 18.0 Å². The van der Waals surface area contributed by atoms with Gasteiger partial charge in [-0.3, -0.25) is 9.48 Å². The second-order valence-electron chi connectivity index (χ2n) is 5.58. The van der Waals surface area contributed by atoms with Gasteiger partial charge in [-0.05, 0) is 30.9 Å². The van der Waals surface area contributed by atoms with E-state index in [1.54, 1.807) is 0 Å². The Balaban J connectivity index is 2.24. The molecule has 1 aromatic heterocycles. The van der Waals surface area contributed by atoms with Crippen LogP contribution in [0.2, 0.25) is 0 Å². The third kappa shape index (κ3) is 3.94. The molecule has 1 N–H and O–H groups in total. The summed E-state index contributed by atoms with van der Waals surface area (Å²) >= 11 is 0. The highest BCUT2D eigenvalue weighted by Crippen LogP contribution is 2.23. The summed E-state index contributed by atoms with van der Waals surface area (Å²) in [6, 6.07) is 7.65. The largest absolute Gasteiger partial charge is 0.352 e. The van der Waals surface area contributed by atoms with Crippen LogP contribution in [0.1, 0.15) is 37.6 Å². The van der Waals surface area contributed by atoms with Crippen molar-refractivity contribution >= 4 is 5.91 Å². The Labute approximate surface area is 126 Å². The van der Waals surface area contributed by atoms with Crippen molar-refractivity contribution in [2.45, 2.75) is 33.7 Å². The van der Waals surface area contributed by atoms with E-state index in [4.69, 9.17) is 0 Å². The molecule has 2 rings (SSSR count). The normalized spacial score (nSPS) is 10.9. The standard InChI is InChI=1S/C17H23N3O/c1-4-18-17(21)16-8-6-5-7-15(16)14-11-19-20(12-14)10-9-13(2)3/h5-8,11-13H,4,9-10H2,1-3H3,(H,18,21). The monoisotopic (exact) mass is 285 g/mol. The maximum Gasteiger partial charge on any atom is 0.251 e. The topological polar surface area (TPSA) is 46.9 Å². The number of nitrogens with one attached hydrogen (secondary N) is 1. The second kappa shape index (κ2) is 7.07. The maximum atomic E-state index is 12.1. The van der Waals surface area contributed by atoms with E-state index in [1.807, 2.05) is 48.3 Å². The molecule has 4 nitrogen and oxygen atoms in total. The van der Waals surface area contributed by atoms with E-state index in [1.165, 1.54) is 0 Å². The van der Waals surface area contributed by atoms with Crippen molar-refractivity contribution < 1.29 is 4.79 Å². The minimum atomic E-state index is -0.0389. The molecule has 0 bridgehead atoms. The SMILES string of the molecule is CCNC(=O)c1ccccc1-c1cnn(CCC(C)C)c1. The number of hydrogen-bond donors (Lipinski definition) is 1. The number of hydrogen-bond acceptors (Lipinski definition) is 2. The van der Waals surface area contributed by atoms with E-state index in [9.17, 15) is 4.79 Å². The van der Waals surface area contributed by atoms with Gasteiger partial charge < -0.3 is 5.32 Å². The van der Waals surface area contributed by atoms with Crippen LogP contribution < -0.4 is 5.32 Å². The van der Waals surface area contributed by atoms with Crippen molar-refractivity contribution in [1.82, 2.24) is 15.1 Å². The number of benzene rings is 1. The quantitative estimate of drug-likeness (QED) is 0.884. The van der Waals surface area contributed by atoms with Gasteiger partial charge in [0.25, 0.3) is 5.91 Å². The number of carbonyl (C=O) groups excluding carboxylic acids is 1. The maximum absolute atomic E-state index is 12.1. The van der Waals surface area contributed by atoms with Gasteiger partial charge in [-0.25, -0.2) is 0 Å². The van der Waals surface area contributed by atoms with Crippen molar-refractivity contribution in [1.29, 1.82) is 0 Å². The van der Waals surface area contributed by atoms with Crippen LogP contribution in [0.3, 0.4) is 0 Å². The Hall–Kier alpha value is -2.10. The molecule has 1 amide bonds. The highest BCUT2D eigenvalue weighted by Gasteiger charge is 2.12. The molecule has 0 radical (unpaired) electrons. The first-order valence-corrected chi connectivity index (χ1v) is 7.52. The van der Waals surface area contributed by atoms with Crippen molar-refractivity contribution in [2.24, 2.45) is 5.92 Å². The molecule has 2 aromatic rings. The summed E-state index contributed by atoms with van der Waals surface area (Å²) < 4.78 is 1.95. The van der Waals surface area contributed by atoms with Gasteiger partial charge in [0.15, 0.2) is 0 Å². The minimum Gasteiger partial charge on any atom is -0.352 e. The highest BCUT2D eigenvalue weighted by molar-refractivity contribution is 6.00. The average molecular weight is 285 g/mol. The zero-order chi connectivity index (χ0) is 15.2. The van der Waals surface area contributed by atoms with Gasteiger partial charge in [-0.1, -0.05) is 32.0 Å². The molecule has 4 heteroatoms. The fourth-order valence-corrected chi connectivity index (χ4v) is 2.20. The van der Waals surface area contributed by atoms with Crippen LogP contribution in [0.15, 0.2) is 36.7 Å². The molecule has 0 aliphatic rings. The Kier molecular flexibility index (Phi) is 5.14. The van der Waals surface area contributed by atoms with Crippen LogP contribution in [-0.4, -0.2) is 22.2 Å². The molecule has 21 heavy (non-hydrogen) atoms. The minimum absolute atomic E-state index is 0.0389. The van der Waals surface area contributed by atoms with Crippen molar-refractivity contribution in [3.63, 3.8) is 0 Å². The van der Waals surface area contributed by atoms with E-state index in [-0.39, 0.29) is 5.91 Å². The van der Waals surface area contributed by atoms with Gasteiger partial charge in [-0.2, -0.15) is 5.10 Å². The van der Waals surface area contributed by atoms with E-state index < -0.39 is 0 Å². The number of amides is 1. The molecule has 112 valence electrons. The number of rotatable bonds is 6. The number of aromatic nitrogens is 2. The molecule has 0 unspecified atom stereocenters. The molecular formula is C17H23N3O. The lowest BCUT2D eigenvalue weighted by Crippen LogP contribution is -2.23. The van der Waals surface area contributed by atoms with Gasteiger partial charge >= 0.3 is 0 Å². The third-order valence-corrected chi connectivity index (χ3v) is 3.39. The average Bonchev–Trinajstić information content (AvgIpc) is 2.94. The summed E-state index contributed by atoms with van der Waals surface area (Å²) in [4.78, 5) is 12.1. The van der Waals surface area contributed by atoms with Crippen LogP contribution in [0.5, 0.6) is 0 Å². The summed E-state index contributed by atoms with van der Waals surface area (Å²) in [6.45, 7) is 7.86. The molecule has 0 spiro atoms. The fraction of sp³-hybridized carbons (Fsp3) is 0.412. The fourth-order valence-electron chi connectivity index (χ4n) is 2.20. The lowest BCUT2D eigenvalue weighted by atomic mass is 10.0. The first kappa shape index (κ1) is 15.3. The van der Waals surface area contributed by atoms with Gasteiger partial charge in [-0.15, -0.1) is 0 Å². The number of nitrogens with zero attached hydrogens (tertiary/aromatic N) is 2. The Bertz CT molecular complexity index is 602. The van der Waals surface area contributed by atoms with Crippen molar-refractivity contribution in [3.05, 3.63) is 42.2 Å². The molecule has 0 saturated carbocycles. The van der Waals surface area contributed by atoms with Crippen LogP contribution in [0, 0.1) is 5.92 Å². The zero-order valence-electron chi connectivity index (χ0n) is 13.0. The summed E-state index contributed by atoms with van der Waals surface area (Å²) in [5.41, 5.74) is 2.61. The highest BCUT2D eigenvalue weighted by atomic mass is 16.1. The molecule has 1 heterocycles. The first-order chi connectivity index (χ1) is 10.1. The lowest BCUT2D eigenvalue weighted by molar-refractivity contribution is 0.0956. The van der Waals surface area contributed by atoms with Gasteiger partial charge in [0.1, 0.15) is 0 Å². The summed E-state index contributed by atoms with van der Waals surface area (Å²) in [5, 5.41) is 7.25. The van der Waals surface area contributed by atoms with Crippen LogP contribution in [-0.2, 0) is 6.54 Å². The summed E-state index contributed by atoms with van der Waals surface area (Å²) in [5.74, 6) is 0.614. The third-order valence-electron chi connectivity index (χ3n) is 3.39. The number of carbonyl (C=O) groups is 1. The summed E-state index contributed by atoms with van der Waals surface area (Å²) in [6.07, 6.45) is 4.94. The molecule has 0 saturated heterocycles. The van der Waals surface area contributed by atoms with E-state index in [2.05, 4.69) is 24.3 Å². The molecular weight excluding hydrogens is 262 g/mol. The molecule has 0 aliphatic carbocycles. The smallest absolute Gasteiger partial charge is 0.251 e. The van der Waals surface area contributed by atoms with E-state index >= 15 is 0 Å².